The third-order valence-corrected chi connectivity index (χ3v) is 3.56. The number of rotatable bonds is 3. The minimum Gasteiger partial charge on any atom is -0.459 e. The molecule has 0 aromatic heterocycles. The molecule has 1 aliphatic rings. The topological polar surface area (TPSA) is 55.8 Å². The van der Waals surface area contributed by atoms with Crippen molar-refractivity contribution in [3.8, 4) is 0 Å². The quantitative estimate of drug-likeness (QED) is 0.629. The average molecular weight is 291 g/mol. The number of benzene rings is 1. The molecule has 1 aliphatic heterocycles. The first-order valence-corrected chi connectivity index (χ1v) is 7.14. The Labute approximate surface area is 124 Å². The number of hydrogen-bond acceptors (Lipinski definition) is 4. The zero-order valence-electron chi connectivity index (χ0n) is 12.7. The van der Waals surface area contributed by atoms with Gasteiger partial charge in [0.15, 0.2) is 0 Å². The zero-order chi connectivity index (χ0) is 15.5. The van der Waals surface area contributed by atoms with E-state index in [1.807, 2.05) is 30.3 Å². The lowest BCUT2D eigenvalue weighted by atomic mass is 10.0. The molecule has 0 unspecified atom stereocenters. The second-order valence-corrected chi connectivity index (χ2v) is 5.50. The molecule has 0 N–H and O–H groups in total. The summed E-state index contributed by atoms with van der Waals surface area (Å²) >= 11 is 0. The van der Waals surface area contributed by atoms with Gasteiger partial charge < -0.3 is 9.47 Å². The first-order chi connectivity index (χ1) is 9.95. The molecule has 1 saturated heterocycles. The van der Waals surface area contributed by atoms with Crippen molar-refractivity contribution in [2.45, 2.75) is 39.0 Å². The lowest BCUT2D eigenvalue weighted by Gasteiger charge is -2.32. The molecular formula is C16H21NO4. The molecule has 1 atom stereocenters. The smallest absolute Gasteiger partial charge is 0.397 e. The largest absolute Gasteiger partial charge is 0.459 e. The highest BCUT2D eigenvalue weighted by atomic mass is 16.6. The summed E-state index contributed by atoms with van der Waals surface area (Å²) in [5.41, 5.74) is 0.300. The fourth-order valence-corrected chi connectivity index (χ4v) is 2.62. The van der Waals surface area contributed by atoms with E-state index in [0.29, 0.717) is 13.0 Å². The van der Waals surface area contributed by atoms with E-state index >= 15 is 0 Å². The molecule has 114 valence electrons. The maximum atomic E-state index is 12.3. The number of amides is 1. The molecule has 5 nitrogen and oxygen atoms in total. The molecule has 1 heterocycles. The van der Waals surface area contributed by atoms with Crippen molar-refractivity contribution in [2.75, 3.05) is 13.2 Å². The lowest BCUT2D eigenvalue weighted by molar-refractivity contribution is -0.167. The number of ether oxygens (including phenoxy) is 2. The molecule has 0 aliphatic carbocycles. The average Bonchev–Trinajstić information content (AvgIpc) is 2.74. The lowest BCUT2D eigenvalue weighted by Crippen LogP contribution is -2.51. The van der Waals surface area contributed by atoms with Gasteiger partial charge in [0.2, 0.25) is 0 Å². The molecule has 1 aromatic carbocycles. The minimum absolute atomic E-state index is 0.167. The molecule has 0 radical (unpaired) electrons. The summed E-state index contributed by atoms with van der Waals surface area (Å²) in [6, 6.07) is 9.68. The summed E-state index contributed by atoms with van der Waals surface area (Å²) in [5, 5.41) is 0. The van der Waals surface area contributed by atoms with E-state index in [1.165, 1.54) is 4.90 Å². The van der Waals surface area contributed by atoms with Crippen LogP contribution >= 0.6 is 0 Å². The van der Waals surface area contributed by atoms with Gasteiger partial charge in [0, 0.05) is 0 Å². The monoisotopic (exact) mass is 291 g/mol. The van der Waals surface area contributed by atoms with Gasteiger partial charge in [-0.1, -0.05) is 30.3 Å². The van der Waals surface area contributed by atoms with E-state index in [2.05, 4.69) is 0 Å². The Hall–Kier alpha value is -1.88. The van der Waals surface area contributed by atoms with E-state index in [9.17, 15) is 9.59 Å². The third kappa shape index (κ3) is 3.42. The van der Waals surface area contributed by atoms with Gasteiger partial charge in [0.25, 0.3) is 0 Å². The normalized spacial score (nSPS) is 20.3. The van der Waals surface area contributed by atoms with Crippen molar-refractivity contribution in [1.29, 1.82) is 0 Å². The highest BCUT2D eigenvalue weighted by molar-refractivity contribution is 6.32. The minimum atomic E-state index is -0.825. The van der Waals surface area contributed by atoms with Gasteiger partial charge in [-0.25, -0.2) is 4.79 Å². The molecule has 21 heavy (non-hydrogen) atoms. The van der Waals surface area contributed by atoms with Gasteiger partial charge in [0.1, 0.15) is 5.72 Å². The fraction of sp³-hybridized carbons (Fsp3) is 0.500. The Morgan fingerprint density at radius 2 is 2.00 bits per heavy atom. The molecule has 1 aromatic rings. The van der Waals surface area contributed by atoms with Gasteiger partial charge in [-0.3, -0.25) is 9.69 Å². The summed E-state index contributed by atoms with van der Waals surface area (Å²) in [5.74, 6) is -1.46. The molecule has 5 heteroatoms. The van der Waals surface area contributed by atoms with Crippen molar-refractivity contribution < 1.29 is 19.1 Å². The first kappa shape index (κ1) is 15.5. The standard InChI is InChI=1S/C16H21NO4/c1-4-20-15(19)14(18)17-13(11-21-16(17,2)3)10-12-8-6-5-7-9-12/h5-9,13H,4,10-11H2,1-3H3/t13-/m0/s1. The number of esters is 1. The van der Waals surface area contributed by atoms with E-state index in [1.54, 1.807) is 20.8 Å². The Morgan fingerprint density at radius 1 is 1.33 bits per heavy atom. The van der Waals surface area contributed by atoms with Crippen LogP contribution in [0, 0.1) is 0 Å². The molecule has 0 spiro atoms. The third-order valence-electron chi connectivity index (χ3n) is 3.56. The van der Waals surface area contributed by atoms with Crippen molar-refractivity contribution in [3.05, 3.63) is 35.9 Å². The van der Waals surface area contributed by atoms with Gasteiger partial charge in [-0.05, 0) is 32.8 Å². The van der Waals surface area contributed by atoms with Crippen LogP contribution < -0.4 is 0 Å². The summed E-state index contributed by atoms with van der Waals surface area (Å²) < 4.78 is 10.5. The summed E-state index contributed by atoms with van der Waals surface area (Å²) in [6.07, 6.45) is 0.648. The van der Waals surface area contributed by atoms with Crippen LogP contribution in [0.15, 0.2) is 30.3 Å². The van der Waals surface area contributed by atoms with Crippen LogP contribution in [0.4, 0.5) is 0 Å². The van der Waals surface area contributed by atoms with Gasteiger partial charge in [-0.2, -0.15) is 0 Å². The molecule has 0 saturated carbocycles. The van der Waals surface area contributed by atoms with Crippen LogP contribution in [0.2, 0.25) is 0 Å². The maximum Gasteiger partial charge on any atom is 0.397 e. The fourth-order valence-electron chi connectivity index (χ4n) is 2.62. The van der Waals surface area contributed by atoms with E-state index in [4.69, 9.17) is 9.47 Å². The second-order valence-electron chi connectivity index (χ2n) is 5.50. The predicted molar refractivity (Wildman–Crippen MR) is 77.4 cm³/mol. The molecular weight excluding hydrogens is 270 g/mol. The highest BCUT2D eigenvalue weighted by Gasteiger charge is 2.46. The van der Waals surface area contributed by atoms with Gasteiger partial charge in [-0.15, -0.1) is 0 Å². The van der Waals surface area contributed by atoms with E-state index in [-0.39, 0.29) is 12.6 Å². The number of hydrogen-bond donors (Lipinski definition) is 0. The number of carbonyl (C=O) groups is 2. The van der Waals surface area contributed by atoms with E-state index in [0.717, 1.165) is 5.56 Å². The second kappa shape index (κ2) is 6.26. The van der Waals surface area contributed by atoms with Crippen molar-refractivity contribution >= 4 is 11.9 Å². The van der Waals surface area contributed by atoms with E-state index < -0.39 is 17.6 Å². The summed E-state index contributed by atoms with van der Waals surface area (Å²) in [7, 11) is 0. The number of carbonyl (C=O) groups excluding carboxylic acids is 2. The van der Waals surface area contributed by atoms with Crippen molar-refractivity contribution in [1.82, 2.24) is 4.90 Å². The highest BCUT2D eigenvalue weighted by Crippen LogP contribution is 2.29. The molecule has 1 amide bonds. The van der Waals surface area contributed by atoms with Crippen molar-refractivity contribution in [2.24, 2.45) is 0 Å². The Bertz CT molecular complexity index is 512. The molecule has 2 rings (SSSR count). The Balaban J connectivity index is 2.17. The molecule has 0 bridgehead atoms. The molecule has 1 fully saturated rings. The summed E-state index contributed by atoms with van der Waals surface area (Å²) in [4.78, 5) is 25.6. The van der Waals surface area contributed by atoms with Gasteiger partial charge >= 0.3 is 11.9 Å². The van der Waals surface area contributed by atoms with Crippen LogP contribution in [0.3, 0.4) is 0 Å². The van der Waals surface area contributed by atoms with Gasteiger partial charge in [0.05, 0.1) is 19.3 Å². The SMILES string of the molecule is CCOC(=O)C(=O)N1[C@@H](Cc2ccccc2)COC1(C)C. The van der Waals surface area contributed by atoms with Crippen LogP contribution in [-0.4, -0.2) is 41.8 Å². The predicted octanol–water partition coefficient (Wildman–Crippen LogP) is 1.76. The summed E-state index contributed by atoms with van der Waals surface area (Å²) in [6.45, 7) is 5.85. The van der Waals surface area contributed by atoms with Crippen LogP contribution in [0.25, 0.3) is 0 Å². The first-order valence-electron chi connectivity index (χ1n) is 7.14. The zero-order valence-corrected chi connectivity index (χ0v) is 12.7. The Morgan fingerprint density at radius 3 is 2.62 bits per heavy atom. The van der Waals surface area contributed by atoms with Crippen LogP contribution in [0.1, 0.15) is 26.3 Å². The maximum absolute atomic E-state index is 12.3. The number of nitrogens with zero attached hydrogens (tertiary/aromatic N) is 1. The van der Waals surface area contributed by atoms with Crippen LogP contribution in [-0.2, 0) is 25.5 Å². The van der Waals surface area contributed by atoms with Crippen LogP contribution in [0.5, 0.6) is 0 Å². The van der Waals surface area contributed by atoms with Crippen molar-refractivity contribution in [3.63, 3.8) is 0 Å². The Kier molecular flexibility index (Phi) is 4.63.